The normalized spacial score (nSPS) is 10.6. The molecule has 0 aliphatic heterocycles. The molecule has 0 fully saturated rings. The Kier molecular flexibility index (Phi) is 6.45. The number of aryl methyl sites for hydroxylation is 2. The van der Waals surface area contributed by atoms with Crippen LogP contribution in [-0.4, -0.2) is 16.3 Å². The van der Waals surface area contributed by atoms with Gasteiger partial charge in [0.25, 0.3) is 0 Å². The van der Waals surface area contributed by atoms with Crippen LogP contribution in [0.5, 0.6) is 0 Å². The van der Waals surface area contributed by atoms with Crippen LogP contribution in [0.1, 0.15) is 49.6 Å². The molecule has 0 saturated heterocycles. The van der Waals surface area contributed by atoms with Crippen molar-refractivity contribution in [3.63, 3.8) is 0 Å². The van der Waals surface area contributed by atoms with E-state index in [0.717, 1.165) is 44.6 Å². The van der Waals surface area contributed by atoms with E-state index >= 15 is 0 Å². The summed E-state index contributed by atoms with van der Waals surface area (Å²) in [5.74, 6) is 0. The molecule has 0 bridgehead atoms. The summed E-state index contributed by atoms with van der Waals surface area (Å²) in [6, 6.07) is 2.18. The Balaban J connectivity index is 2.54. The van der Waals surface area contributed by atoms with Gasteiger partial charge < -0.3 is 5.32 Å². The number of hydrogen-bond donors (Lipinski definition) is 1. The average molecular weight is 248 g/mol. The van der Waals surface area contributed by atoms with Gasteiger partial charge in [-0.1, -0.05) is 6.92 Å². The predicted molar refractivity (Wildman–Crippen MR) is 73.2 cm³/mol. The van der Waals surface area contributed by atoms with E-state index in [4.69, 9.17) is 5.26 Å². The highest BCUT2D eigenvalue weighted by Gasteiger charge is 2.10. The Hall–Kier alpha value is -1.34. The minimum Gasteiger partial charge on any atom is -0.313 e. The van der Waals surface area contributed by atoms with Crippen molar-refractivity contribution in [2.45, 2.75) is 59.5 Å². The molecule has 1 heterocycles. The van der Waals surface area contributed by atoms with Gasteiger partial charge in [-0.2, -0.15) is 10.4 Å². The fourth-order valence-electron chi connectivity index (χ4n) is 2.06. The van der Waals surface area contributed by atoms with Crippen LogP contribution in [0.3, 0.4) is 0 Å². The van der Waals surface area contributed by atoms with Crippen LogP contribution in [0.4, 0.5) is 0 Å². The standard InChI is InChI=1S/C14H24N4/c1-4-9-16-11-14-12(2)17-18(13(14)3)10-7-5-6-8-15/h16H,4-7,9-11H2,1-3H3. The molecule has 1 aromatic heterocycles. The maximum Gasteiger partial charge on any atom is 0.0641 e. The first-order valence-corrected chi connectivity index (χ1v) is 6.81. The number of nitriles is 1. The van der Waals surface area contributed by atoms with Crippen molar-refractivity contribution in [1.82, 2.24) is 15.1 Å². The summed E-state index contributed by atoms with van der Waals surface area (Å²) in [5.41, 5.74) is 3.70. The number of nitrogens with one attached hydrogen (secondary N) is 1. The fourth-order valence-corrected chi connectivity index (χ4v) is 2.06. The lowest BCUT2D eigenvalue weighted by atomic mass is 10.2. The average Bonchev–Trinajstić information content (AvgIpc) is 2.62. The predicted octanol–water partition coefficient (Wildman–Crippen LogP) is 2.69. The van der Waals surface area contributed by atoms with Gasteiger partial charge in [-0.05, 0) is 39.7 Å². The first-order chi connectivity index (χ1) is 8.70. The Labute approximate surface area is 110 Å². The van der Waals surface area contributed by atoms with Crippen LogP contribution in [0.15, 0.2) is 0 Å². The van der Waals surface area contributed by atoms with Crippen molar-refractivity contribution < 1.29 is 0 Å². The number of rotatable bonds is 8. The summed E-state index contributed by atoms with van der Waals surface area (Å²) in [6.07, 6.45) is 3.78. The molecule has 0 unspecified atom stereocenters. The van der Waals surface area contributed by atoms with Gasteiger partial charge in [-0.15, -0.1) is 0 Å². The second-order valence-electron chi connectivity index (χ2n) is 4.66. The summed E-state index contributed by atoms with van der Waals surface area (Å²) in [7, 11) is 0. The van der Waals surface area contributed by atoms with E-state index in [1.807, 2.05) is 0 Å². The molecule has 4 nitrogen and oxygen atoms in total. The largest absolute Gasteiger partial charge is 0.313 e. The van der Waals surface area contributed by atoms with Crippen molar-refractivity contribution in [3.05, 3.63) is 17.0 Å². The fraction of sp³-hybridized carbons (Fsp3) is 0.714. The van der Waals surface area contributed by atoms with Gasteiger partial charge in [0.15, 0.2) is 0 Å². The molecule has 0 atom stereocenters. The van der Waals surface area contributed by atoms with Gasteiger partial charge in [0.05, 0.1) is 11.8 Å². The van der Waals surface area contributed by atoms with E-state index in [0.29, 0.717) is 6.42 Å². The molecular weight excluding hydrogens is 224 g/mol. The Morgan fingerprint density at radius 3 is 2.78 bits per heavy atom. The lowest BCUT2D eigenvalue weighted by Crippen LogP contribution is -2.15. The van der Waals surface area contributed by atoms with Crippen molar-refractivity contribution in [3.8, 4) is 6.07 Å². The summed E-state index contributed by atoms with van der Waals surface area (Å²) < 4.78 is 2.08. The molecule has 0 spiro atoms. The van der Waals surface area contributed by atoms with E-state index < -0.39 is 0 Å². The first kappa shape index (κ1) is 14.7. The van der Waals surface area contributed by atoms with Gasteiger partial charge in [0.2, 0.25) is 0 Å². The SMILES string of the molecule is CCCNCc1c(C)nn(CCCCC#N)c1C. The van der Waals surface area contributed by atoms with E-state index in [9.17, 15) is 0 Å². The molecule has 100 valence electrons. The summed E-state index contributed by atoms with van der Waals surface area (Å²) >= 11 is 0. The van der Waals surface area contributed by atoms with Crippen LogP contribution in [-0.2, 0) is 13.1 Å². The van der Waals surface area contributed by atoms with Gasteiger partial charge in [0, 0.05) is 30.8 Å². The van der Waals surface area contributed by atoms with E-state index in [1.165, 1.54) is 11.3 Å². The molecule has 18 heavy (non-hydrogen) atoms. The van der Waals surface area contributed by atoms with Crippen LogP contribution >= 0.6 is 0 Å². The Morgan fingerprint density at radius 1 is 1.33 bits per heavy atom. The first-order valence-electron chi connectivity index (χ1n) is 6.81. The number of aromatic nitrogens is 2. The lowest BCUT2D eigenvalue weighted by Gasteiger charge is -2.05. The molecular formula is C14H24N4. The zero-order valence-corrected chi connectivity index (χ0v) is 11.8. The van der Waals surface area contributed by atoms with Crippen LogP contribution in [0, 0.1) is 25.2 Å². The molecule has 1 aromatic rings. The third-order valence-corrected chi connectivity index (χ3v) is 3.17. The van der Waals surface area contributed by atoms with Gasteiger partial charge in [0.1, 0.15) is 0 Å². The van der Waals surface area contributed by atoms with Gasteiger partial charge in [-0.3, -0.25) is 4.68 Å². The second-order valence-corrected chi connectivity index (χ2v) is 4.66. The van der Waals surface area contributed by atoms with Crippen molar-refractivity contribution in [1.29, 1.82) is 5.26 Å². The summed E-state index contributed by atoms with van der Waals surface area (Å²) in [6.45, 7) is 9.25. The summed E-state index contributed by atoms with van der Waals surface area (Å²) in [4.78, 5) is 0. The Morgan fingerprint density at radius 2 is 2.11 bits per heavy atom. The van der Waals surface area contributed by atoms with E-state index in [2.05, 4.69) is 41.9 Å². The molecule has 1 N–H and O–H groups in total. The van der Waals surface area contributed by atoms with E-state index in [1.54, 1.807) is 0 Å². The topological polar surface area (TPSA) is 53.6 Å². The van der Waals surface area contributed by atoms with Crippen molar-refractivity contribution in [2.75, 3.05) is 6.54 Å². The smallest absolute Gasteiger partial charge is 0.0641 e. The molecule has 4 heteroatoms. The summed E-state index contributed by atoms with van der Waals surface area (Å²) in [5, 5.41) is 16.5. The maximum absolute atomic E-state index is 8.51. The molecule has 0 radical (unpaired) electrons. The number of hydrogen-bond acceptors (Lipinski definition) is 3. The van der Waals surface area contributed by atoms with Crippen LogP contribution in [0.25, 0.3) is 0 Å². The molecule has 0 saturated carbocycles. The monoisotopic (exact) mass is 248 g/mol. The molecule has 0 aromatic carbocycles. The zero-order valence-electron chi connectivity index (χ0n) is 11.8. The van der Waals surface area contributed by atoms with E-state index in [-0.39, 0.29) is 0 Å². The molecule has 1 rings (SSSR count). The van der Waals surface area contributed by atoms with Crippen LogP contribution in [0.2, 0.25) is 0 Å². The highest BCUT2D eigenvalue weighted by Crippen LogP contribution is 2.13. The third-order valence-electron chi connectivity index (χ3n) is 3.17. The Bertz CT molecular complexity index is 401. The van der Waals surface area contributed by atoms with Crippen molar-refractivity contribution >= 4 is 0 Å². The van der Waals surface area contributed by atoms with Crippen LogP contribution < -0.4 is 5.32 Å². The maximum atomic E-state index is 8.51. The quantitative estimate of drug-likeness (QED) is 0.720. The minimum absolute atomic E-state index is 0.643. The minimum atomic E-state index is 0.643. The number of nitrogens with zero attached hydrogens (tertiary/aromatic N) is 3. The number of unbranched alkanes of at least 4 members (excludes halogenated alkanes) is 2. The molecule has 0 aliphatic carbocycles. The highest BCUT2D eigenvalue weighted by molar-refractivity contribution is 5.24. The second kappa shape index (κ2) is 7.88. The molecule has 0 aliphatic rings. The van der Waals surface area contributed by atoms with Gasteiger partial charge >= 0.3 is 0 Å². The zero-order chi connectivity index (χ0) is 13.4. The third kappa shape index (κ3) is 4.15. The highest BCUT2D eigenvalue weighted by atomic mass is 15.3. The lowest BCUT2D eigenvalue weighted by molar-refractivity contribution is 0.546. The molecule has 0 amide bonds. The van der Waals surface area contributed by atoms with Crippen molar-refractivity contribution in [2.24, 2.45) is 0 Å². The van der Waals surface area contributed by atoms with Gasteiger partial charge in [-0.25, -0.2) is 0 Å².